The first-order valence-corrected chi connectivity index (χ1v) is 3.69. The Morgan fingerprint density at radius 2 is 1.79 bits per heavy atom. The second kappa shape index (κ2) is 3.65. The maximum Gasteiger partial charge on any atom is 0.318 e. The third kappa shape index (κ3) is 1.55. The summed E-state index contributed by atoms with van der Waals surface area (Å²) in [4.78, 5) is 21.7. The van der Waals surface area contributed by atoms with Gasteiger partial charge in [-0.25, -0.2) is 0 Å². The number of furan rings is 1. The topological polar surface area (TPSA) is 47.3 Å². The van der Waals surface area contributed by atoms with Crippen molar-refractivity contribution >= 4 is 11.6 Å². The molecule has 0 aliphatic carbocycles. The number of rotatable bonds is 3. The molecule has 0 spiro atoms. The quantitative estimate of drug-likeness (QED) is 0.560. The molecule has 0 N–H and O–H groups in total. The first kappa shape index (κ1) is 10.5. The minimum Gasteiger partial charge on any atom is -0.422 e. The van der Waals surface area contributed by atoms with Crippen molar-refractivity contribution in [1.82, 2.24) is 0 Å². The van der Waals surface area contributed by atoms with E-state index in [1.165, 1.54) is 6.92 Å². The number of Topliss-reactive ketones (excluding diaryl/α,β-unsaturated/α-hetero) is 2. The van der Waals surface area contributed by atoms with Gasteiger partial charge in [0.15, 0.2) is 0 Å². The Labute approximate surface area is 76.5 Å². The van der Waals surface area contributed by atoms with Crippen LogP contribution in [0.2, 0.25) is 0 Å². The average Bonchev–Trinajstić information content (AvgIpc) is 2.43. The Balaban J connectivity index is 3.14. The van der Waals surface area contributed by atoms with E-state index in [2.05, 4.69) is 4.42 Å². The fourth-order valence-corrected chi connectivity index (χ4v) is 0.798. The molecule has 1 aromatic rings. The Bertz CT molecular complexity index is 395. The molecule has 0 fully saturated rings. The van der Waals surface area contributed by atoms with Gasteiger partial charge in [-0.1, -0.05) is 6.92 Å². The van der Waals surface area contributed by atoms with E-state index in [9.17, 15) is 22.8 Å². The van der Waals surface area contributed by atoms with Crippen LogP contribution >= 0.6 is 0 Å². The van der Waals surface area contributed by atoms with Crippen LogP contribution in [0.4, 0.5) is 13.2 Å². The van der Waals surface area contributed by atoms with Gasteiger partial charge in [-0.2, -0.15) is 13.2 Å². The smallest absolute Gasteiger partial charge is 0.318 e. The molecule has 0 saturated carbocycles. The summed E-state index contributed by atoms with van der Waals surface area (Å²) in [6, 6.07) is -1.84. The number of hydrogen-bond donors (Lipinski definition) is 0. The van der Waals surface area contributed by atoms with E-state index in [-0.39, 0.29) is 6.42 Å². The lowest BCUT2D eigenvalue weighted by Gasteiger charge is -1.91. The number of halogens is 3. The average molecular weight is 206 g/mol. The van der Waals surface area contributed by atoms with Crippen LogP contribution in [0.3, 0.4) is 0 Å². The molecule has 1 rings (SSSR count). The van der Waals surface area contributed by atoms with Crippen molar-refractivity contribution in [3.8, 4) is 0 Å². The zero-order valence-electron chi connectivity index (χ0n) is 7.07. The lowest BCUT2D eigenvalue weighted by Crippen LogP contribution is -2.13. The molecule has 1 aromatic heterocycles. The fourth-order valence-electron chi connectivity index (χ4n) is 0.798. The molecule has 6 heteroatoms. The molecular formula is C8H5F3O3. The minimum atomic E-state index is -1.89. The normalized spacial score (nSPS) is 10.3. The molecule has 0 atom stereocenters. The van der Waals surface area contributed by atoms with Gasteiger partial charge in [0.2, 0.25) is 23.2 Å². The molecule has 76 valence electrons. The van der Waals surface area contributed by atoms with Gasteiger partial charge in [0, 0.05) is 6.42 Å². The van der Waals surface area contributed by atoms with Crippen molar-refractivity contribution in [2.45, 2.75) is 13.3 Å². The second-order valence-corrected chi connectivity index (χ2v) is 2.44. The maximum atomic E-state index is 12.7. The van der Waals surface area contributed by atoms with E-state index in [0.29, 0.717) is 0 Å². The third-order valence-electron chi connectivity index (χ3n) is 1.54. The number of hydrogen-bond acceptors (Lipinski definition) is 3. The summed E-state index contributed by atoms with van der Waals surface area (Å²) < 4.78 is 41.2. The van der Waals surface area contributed by atoms with Crippen molar-refractivity contribution in [2.24, 2.45) is 0 Å². The zero-order chi connectivity index (χ0) is 10.9. The summed E-state index contributed by atoms with van der Waals surface area (Å²) >= 11 is 0. The van der Waals surface area contributed by atoms with Gasteiger partial charge in [-0.15, -0.1) is 0 Å². The molecular weight excluding hydrogens is 201 g/mol. The van der Waals surface area contributed by atoms with Crippen molar-refractivity contribution in [3.05, 3.63) is 23.4 Å². The molecule has 0 unspecified atom stereocenters. The summed E-state index contributed by atoms with van der Waals surface area (Å²) in [6.07, 6.45) is -0.192. The molecule has 0 aromatic carbocycles. The van der Waals surface area contributed by atoms with Crippen LogP contribution in [0.15, 0.2) is 4.42 Å². The predicted octanol–water partition coefficient (Wildman–Crippen LogP) is 1.86. The SMILES string of the molecule is CCC(=O)C(=O)c1oc(F)c(F)c1F. The highest BCUT2D eigenvalue weighted by molar-refractivity contribution is 6.42. The van der Waals surface area contributed by atoms with Crippen LogP contribution in [0.25, 0.3) is 0 Å². The molecule has 0 aliphatic heterocycles. The van der Waals surface area contributed by atoms with Gasteiger partial charge >= 0.3 is 6.01 Å². The molecule has 0 amide bonds. The van der Waals surface area contributed by atoms with Gasteiger partial charge < -0.3 is 4.42 Å². The molecule has 0 saturated heterocycles. The second-order valence-electron chi connectivity index (χ2n) is 2.44. The molecule has 1 heterocycles. The van der Waals surface area contributed by atoms with E-state index in [1.807, 2.05) is 0 Å². The van der Waals surface area contributed by atoms with Crippen LogP contribution in [-0.2, 0) is 4.79 Å². The molecule has 0 radical (unpaired) electrons. The number of ketones is 2. The summed E-state index contributed by atoms with van der Waals surface area (Å²) in [7, 11) is 0. The van der Waals surface area contributed by atoms with Crippen LogP contribution in [0, 0.1) is 17.6 Å². The Morgan fingerprint density at radius 1 is 1.21 bits per heavy atom. The third-order valence-corrected chi connectivity index (χ3v) is 1.54. The van der Waals surface area contributed by atoms with E-state index in [1.54, 1.807) is 0 Å². The highest BCUT2D eigenvalue weighted by atomic mass is 19.2. The van der Waals surface area contributed by atoms with Crippen molar-refractivity contribution in [1.29, 1.82) is 0 Å². The van der Waals surface area contributed by atoms with E-state index >= 15 is 0 Å². The van der Waals surface area contributed by atoms with Crippen molar-refractivity contribution in [2.75, 3.05) is 0 Å². The minimum absolute atomic E-state index is 0.192. The first-order valence-electron chi connectivity index (χ1n) is 3.69. The lowest BCUT2D eigenvalue weighted by molar-refractivity contribution is -0.114. The summed E-state index contributed by atoms with van der Waals surface area (Å²) in [5, 5.41) is 0. The van der Waals surface area contributed by atoms with Gasteiger partial charge in [0.05, 0.1) is 0 Å². The van der Waals surface area contributed by atoms with Crippen LogP contribution in [-0.4, -0.2) is 11.6 Å². The Hall–Kier alpha value is -1.59. The fraction of sp³-hybridized carbons (Fsp3) is 0.250. The Morgan fingerprint density at radius 3 is 2.14 bits per heavy atom. The summed E-state index contributed by atoms with van der Waals surface area (Å²) in [5.41, 5.74) is 0. The molecule has 3 nitrogen and oxygen atoms in total. The summed E-state index contributed by atoms with van der Waals surface area (Å²) in [6.45, 7) is 1.35. The van der Waals surface area contributed by atoms with Gasteiger partial charge in [-0.3, -0.25) is 9.59 Å². The van der Waals surface area contributed by atoms with Crippen molar-refractivity contribution < 1.29 is 27.2 Å². The number of carbonyl (C=O) groups is 2. The highest BCUT2D eigenvalue weighted by Gasteiger charge is 2.29. The predicted molar refractivity (Wildman–Crippen MR) is 38.2 cm³/mol. The van der Waals surface area contributed by atoms with Gasteiger partial charge in [-0.05, 0) is 0 Å². The van der Waals surface area contributed by atoms with E-state index < -0.39 is 35.0 Å². The monoisotopic (exact) mass is 206 g/mol. The van der Waals surface area contributed by atoms with Gasteiger partial charge in [0.25, 0.3) is 5.78 Å². The van der Waals surface area contributed by atoms with Crippen LogP contribution < -0.4 is 0 Å². The highest BCUT2D eigenvalue weighted by Crippen LogP contribution is 2.18. The van der Waals surface area contributed by atoms with Crippen LogP contribution in [0.1, 0.15) is 23.9 Å². The molecule has 14 heavy (non-hydrogen) atoms. The first-order chi connectivity index (χ1) is 6.49. The van der Waals surface area contributed by atoms with E-state index in [4.69, 9.17) is 0 Å². The standard InChI is InChI=1S/C8H5F3O3/c1-2-3(12)6(13)7-4(9)5(10)8(11)14-7/h2H2,1H3. The summed E-state index contributed by atoms with van der Waals surface area (Å²) in [5.74, 6) is -7.22. The van der Waals surface area contributed by atoms with Crippen molar-refractivity contribution in [3.63, 3.8) is 0 Å². The van der Waals surface area contributed by atoms with Gasteiger partial charge in [0.1, 0.15) is 0 Å². The van der Waals surface area contributed by atoms with E-state index in [0.717, 1.165) is 0 Å². The van der Waals surface area contributed by atoms with Crippen LogP contribution in [0.5, 0.6) is 0 Å². The molecule has 0 aliphatic rings. The number of carbonyl (C=O) groups excluding carboxylic acids is 2. The Kier molecular flexibility index (Phi) is 2.73. The maximum absolute atomic E-state index is 12.7. The molecule has 0 bridgehead atoms. The zero-order valence-corrected chi connectivity index (χ0v) is 7.07. The largest absolute Gasteiger partial charge is 0.422 e. The lowest BCUT2D eigenvalue weighted by atomic mass is 10.1.